The number of benzene rings is 2. The normalized spacial score (nSPS) is 10.3. The fraction of sp³-hybridized carbons (Fsp3) is 0.300. The van der Waals surface area contributed by atoms with Crippen LogP contribution >= 0.6 is 11.6 Å². The highest BCUT2D eigenvalue weighted by molar-refractivity contribution is 6.30. The van der Waals surface area contributed by atoms with Crippen LogP contribution in [0.15, 0.2) is 54.6 Å². The molecule has 2 rings (SSSR count). The van der Waals surface area contributed by atoms with Gasteiger partial charge in [-0.05, 0) is 49.2 Å². The Bertz CT molecular complexity index is 659. The quantitative estimate of drug-likeness (QED) is 0.498. The lowest BCUT2D eigenvalue weighted by Gasteiger charge is -2.15. The van der Waals surface area contributed by atoms with Crippen LogP contribution in [-0.4, -0.2) is 30.3 Å². The zero-order chi connectivity index (χ0) is 17.9. The first-order chi connectivity index (χ1) is 12.2. The maximum Gasteiger partial charge on any atom is 0.260 e. The summed E-state index contributed by atoms with van der Waals surface area (Å²) in [4.78, 5) is 24.6. The van der Waals surface area contributed by atoms with E-state index in [9.17, 15) is 9.59 Å². The van der Waals surface area contributed by atoms with Crippen molar-refractivity contribution in [1.29, 1.82) is 0 Å². The van der Waals surface area contributed by atoms with Gasteiger partial charge in [-0.15, -0.1) is 0 Å². The summed E-state index contributed by atoms with van der Waals surface area (Å²) in [6, 6.07) is 16.5. The van der Waals surface area contributed by atoms with Crippen molar-refractivity contribution in [2.24, 2.45) is 0 Å². The summed E-state index contributed by atoms with van der Waals surface area (Å²) in [5.41, 5.74) is 1.60. The molecule has 0 radical (unpaired) electrons. The van der Waals surface area contributed by atoms with E-state index in [-0.39, 0.29) is 5.91 Å². The minimum atomic E-state index is -0.236. The smallest absolute Gasteiger partial charge is 0.260 e. The maximum atomic E-state index is 12.2. The van der Waals surface area contributed by atoms with Gasteiger partial charge in [0.25, 0.3) is 5.91 Å². The summed E-state index contributed by atoms with van der Waals surface area (Å²) in [7, 11) is 0. The van der Waals surface area contributed by atoms with Crippen LogP contribution in [0.5, 0.6) is 0 Å². The van der Waals surface area contributed by atoms with Crippen molar-refractivity contribution in [3.05, 3.63) is 65.2 Å². The van der Waals surface area contributed by atoms with Gasteiger partial charge in [0, 0.05) is 29.4 Å². The number of rotatable bonds is 10. The highest BCUT2D eigenvalue weighted by Crippen LogP contribution is 2.13. The van der Waals surface area contributed by atoms with Crippen LogP contribution in [0, 0.1) is 0 Å². The van der Waals surface area contributed by atoms with E-state index in [1.165, 1.54) is 4.90 Å². The van der Waals surface area contributed by atoms with Crippen molar-refractivity contribution < 1.29 is 9.59 Å². The number of nitrogens with one attached hydrogen (secondary N) is 1. The first-order valence-corrected chi connectivity index (χ1v) is 8.89. The Morgan fingerprint density at radius 2 is 1.64 bits per heavy atom. The largest absolute Gasteiger partial charge is 0.385 e. The topological polar surface area (TPSA) is 49.4 Å². The van der Waals surface area contributed by atoms with Crippen LogP contribution in [0.3, 0.4) is 0 Å². The Labute approximate surface area is 153 Å². The van der Waals surface area contributed by atoms with Gasteiger partial charge < -0.3 is 5.32 Å². The standard InChI is InChI=1S/C20H23ClN2O2/c21-18-10-12-19(13-11-18)22-14-6-1-2-7-15-23(16-24)20(25)17-8-4-3-5-9-17/h3-5,8-13,16,22H,1-2,6-7,14-15H2. The van der Waals surface area contributed by atoms with Gasteiger partial charge in [-0.25, -0.2) is 0 Å². The van der Waals surface area contributed by atoms with E-state index in [1.54, 1.807) is 24.3 Å². The molecule has 0 fully saturated rings. The molecule has 0 saturated carbocycles. The molecule has 2 aromatic rings. The van der Waals surface area contributed by atoms with Crippen molar-refractivity contribution in [1.82, 2.24) is 4.90 Å². The molecule has 0 aliphatic heterocycles. The molecule has 1 N–H and O–H groups in total. The highest BCUT2D eigenvalue weighted by Gasteiger charge is 2.13. The van der Waals surface area contributed by atoms with Crippen molar-refractivity contribution in [2.45, 2.75) is 25.7 Å². The average Bonchev–Trinajstić information content (AvgIpc) is 2.66. The molecule has 2 aromatic carbocycles. The number of amides is 2. The lowest BCUT2D eigenvalue weighted by molar-refractivity contribution is -0.116. The molecule has 4 nitrogen and oxygen atoms in total. The summed E-state index contributed by atoms with van der Waals surface area (Å²) in [6.07, 6.45) is 4.51. The molecule has 0 heterocycles. The molecule has 0 aromatic heterocycles. The van der Waals surface area contributed by atoms with E-state index in [4.69, 9.17) is 11.6 Å². The molecule has 0 aliphatic rings. The van der Waals surface area contributed by atoms with Crippen LogP contribution in [0.25, 0.3) is 0 Å². The Hall–Kier alpha value is -2.33. The zero-order valence-corrected chi connectivity index (χ0v) is 14.9. The van der Waals surface area contributed by atoms with E-state index in [1.807, 2.05) is 30.3 Å². The Balaban J connectivity index is 1.60. The molecule has 0 unspecified atom stereocenters. The fourth-order valence-corrected chi connectivity index (χ4v) is 2.64. The predicted octanol–water partition coefficient (Wildman–Crippen LogP) is 4.61. The minimum Gasteiger partial charge on any atom is -0.385 e. The Kier molecular flexibility index (Phi) is 7.99. The number of hydrogen-bond acceptors (Lipinski definition) is 3. The summed E-state index contributed by atoms with van der Waals surface area (Å²) >= 11 is 5.85. The van der Waals surface area contributed by atoms with Gasteiger partial charge in [0.15, 0.2) is 0 Å². The number of unbranched alkanes of at least 4 members (excludes halogenated alkanes) is 3. The molecular weight excluding hydrogens is 336 g/mol. The molecule has 2 amide bonds. The summed E-state index contributed by atoms with van der Waals surface area (Å²) in [5.74, 6) is -0.236. The van der Waals surface area contributed by atoms with E-state index < -0.39 is 0 Å². The number of nitrogens with zero attached hydrogens (tertiary/aromatic N) is 1. The number of imide groups is 1. The van der Waals surface area contributed by atoms with Crippen LogP contribution in [-0.2, 0) is 4.79 Å². The van der Waals surface area contributed by atoms with Crippen LogP contribution < -0.4 is 5.32 Å². The second-order valence-corrected chi connectivity index (χ2v) is 6.25. The number of carbonyl (C=O) groups is 2. The minimum absolute atomic E-state index is 0.236. The molecule has 0 atom stereocenters. The first kappa shape index (κ1) is 19.0. The van der Waals surface area contributed by atoms with Crippen molar-refractivity contribution >= 4 is 29.6 Å². The molecule has 0 bridgehead atoms. The number of halogens is 1. The van der Waals surface area contributed by atoms with Crippen LogP contribution in [0.2, 0.25) is 5.02 Å². The number of hydrogen-bond donors (Lipinski definition) is 1. The third kappa shape index (κ3) is 6.59. The monoisotopic (exact) mass is 358 g/mol. The van der Waals surface area contributed by atoms with Gasteiger partial charge in [0.2, 0.25) is 6.41 Å². The second kappa shape index (κ2) is 10.5. The van der Waals surface area contributed by atoms with Gasteiger partial charge >= 0.3 is 0 Å². The van der Waals surface area contributed by atoms with Gasteiger partial charge in [-0.3, -0.25) is 14.5 Å². The van der Waals surface area contributed by atoms with Crippen LogP contribution in [0.4, 0.5) is 5.69 Å². The summed E-state index contributed by atoms with van der Waals surface area (Å²) in [5, 5.41) is 4.07. The Morgan fingerprint density at radius 1 is 0.960 bits per heavy atom. The third-order valence-electron chi connectivity index (χ3n) is 3.91. The zero-order valence-electron chi connectivity index (χ0n) is 14.2. The Morgan fingerprint density at radius 3 is 2.32 bits per heavy atom. The molecular formula is C20H23ClN2O2. The van der Waals surface area contributed by atoms with Crippen LogP contribution in [0.1, 0.15) is 36.0 Å². The van der Waals surface area contributed by atoms with Crippen molar-refractivity contribution in [2.75, 3.05) is 18.4 Å². The lowest BCUT2D eigenvalue weighted by atomic mass is 10.1. The van der Waals surface area contributed by atoms with E-state index in [0.717, 1.165) is 42.9 Å². The SMILES string of the molecule is O=CN(CCCCCCNc1ccc(Cl)cc1)C(=O)c1ccccc1. The lowest BCUT2D eigenvalue weighted by Crippen LogP contribution is -2.30. The van der Waals surface area contributed by atoms with Gasteiger partial charge in [-0.1, -0.05) is 42.6 Å². The third-order valence-corrected chi connectivity index (χ3v) is 4.16. The van der Waals surface area contributed by atoms with Gasteiger partial charge in [0.1, 0.15) is 0 Å². The predicted molar refractivity (Wildman–Crippen MR) is 102 cm³/mol. The van der Waals surface area contributed by atoms with E-state index in [2.05, 4.69) is 5.32 Å². The van der Waals surface area contributed by atoms with Crippen molar-refractivity contribution in [3.63, 3.8) is 0 Å². The van der Waals surface area contributed by atoms with E-state index >= 15 is 0 Å². The van der Waals surface area contributed by atoms with Gasteiger partial charge in [0.05, 0.1) is 0 Å². The molecule has 25 heavy (non-hydrogen) atoms. The maximum absolute atomic E-state index is 12.2. The molecule has 0 saturated heterocycles. The molecule has 5 heteroatoms. The number of anilines is 1. The first-order valence-electron chi connectivity index (χ1n) is 8.51. The van der Waals surface area contributed by atoms with Gasteiger partial charge in [-0.2, -0.15) is 0 Å². The molecule has 0 aliphatic carbocycles. The number of carbonyl (C=O) groups excluding carboxylic acids is 2. The average molecular weight is 359 g/mol. The molecule has 132 valence electrons. The van der Waals surface area contributed by atoms with E-state index in [0.29, 0.717) is 18.5 Å². The molecule has 0 spiro atoms. The van der Waals surface area contributed by atoms with Crippen molar-refractivity contribution in [3.8, 4) is 0 Å². The fourth-order valence-electron chi connectivity index (χ4n) is 2.51. The second-order valence-electron chi connectivity index (χ2n) is 5.82. The summed E-state index contributed by atoms with van der Waals surface area (Å²) < 4.78 is 0. The highest BCUT2D eigenvalue weighted by atomic mass is 35.5. The summed E-state index contributed by atoms with van der Waals surface area (Å²) in [6.45, 7) is 1.35.